The van der Waals surface area contributed by atoms with E-state index in [1.165, 1.54) is 10.8 Å². The lowest BCUT2D eigenvalue weighted by atomic mass is 10.0. The van der Waals surface area contributed by atoms with E-state index in [-0.39, 0.29) is 12.1 Å². The molecule has 5 heteroatoms. The van der Waals surface area contributed by atoms with Crippen LogP contribution in [0.2, 0.25) is 0 Å². The van der Waals surface area contributed by atoms with Gasteiger partial charge in [-0.2, -0.15) is 0 Å². The van der Waals surface area contributed by atoms with E-state index in [4.69, 9.17) is 9.47 Å². The zero-order chi connectivity index (χ0) is 18.5. The van der Waals surface area contributed by atoms with E-state index in [0.717, 1.165) is 45.9 Å². The molecule has 1 aliphatic rings. The molecule has 4 aromatic rings. The van der Waals surface area contributed by atoms with Gasteiger partial charge < -0.3 is 19.4 Å². The summed E-state index contributed by atoms with van der Waals surface area (Å²) in [6.07, 6.45) is 1.47. The van der Waals surface area contributed by atoms with Crippen molar-refractivity contribution in [2.75, 3.05) is 13.2 Å². The number of esters is 1. The largest absolute Gasteiger partial charge is 0.458 e. The van der Waals surface area contributed by atoms with Gasteiger partial charge in [-0.05, 0) is 37.1 Å². The topological polar surface area (TPSA) is 67.1 Å². The number of carbonyl (C=O) groups is 1. The fourth-order valence-electron chi connectivity index (χ4n) is 4.30. The van der Waals surface area contributed by atoms with Gasteiger partial charge in [0.25, 0.3) is 0 Å². The molecule has 2 aromatic heterocycles. The van der Waals surface area contributed by atoms with Crippen LogP contribution in [0.15, 0.2) is 30.3 Å². The van der Waals surface area contributed by atoms with E-state index in [2.05, 4.69) is 35.1 Å². The molecule has 0 unspecified atom stereocenters. The maximum atomic E-state index is 12.8. The van der Waals surface area contributed by atoms with Crippen molar-refractivity contribution >= 4 is 38.7 Å². The minimum Gasteiger partial charge on any atom is -0.458 e. The highest BCUT2D eigenvalue weighted by atomic mass is 16.6. The average Bonchev–Trinajstić information content (AvgIpc) is 3.22. The van der Waals surface area contributed by atoms with Crippen molar-refractivity contribution in [2.45, 2.75) is 32.8 Å². The van der Waals surface area contributed by atoms with E-state index >= 15 is 0 Å². The van der Waals surface area contributed by atoms with Crippen LogP contribution in [0.3, 0.4) is 0 Å². The van der Waals surface area contributed by atoms with Gasteiger partial charge in [0.05, 0.1) is 18.7 Å². The molecule has 1 saturated heterocycles. The Labute approximate surface area is 156 Å². The van der Waals surface area contributed by atoms with Gasteiger partial charge in [-0.25, -0.2) is 4.79 Å². The molecule has 0 aliphatic carbocycles. The molecule has 0 radical (unpaired) electrons. The SMILES string of the molecule is Cc1c(C(=O)OC2CCOCC2)[nH]c2cc3c([nH]c4ccccc43)c(C)c12. The predicted octanol–water partition coefficient (Wildman–Crippen LogP) is 4.76. The molecule has 138 valence electrons. The first-order valence-corrected chi connectivity index (χ1v) is 9.44. The van der Waals surface area contributed by atoms with Crippen molar-refractivity contribution in [3.05, 3.63) is 47.2 Å². The summed E-state index contributed by atoms with van der Waals surface area (Å²) in [5, 5.41) is 3.45. The molecule has 0 bridgehead atoms. The van der Waals surface area contributed by atoms with Crippen molar-refractivity contribution < 1.29 is 14.3 Å². The first kappa shape index (κ1) is 16.4. The summed E-state index contributed by atoms with van der Waals surface area (Å²) in [7, 11) is 0. The van der Waals surface area contributed by atoms with Crippen LogP contribution >= 0.6 is 0 Å². The summed E-state index contributed by atoms with van der Waals surface area (Å²) >= 11 is 0. The number of benzene rings is 2. The monoisotopic (exact) mass is 362 g/mol. The highest BCUT2D eigenvalue weighted by molar-refractivity contribution is 6.15. The van der Waals surface area contributed by atoms with E-state index < -0.39 is 0 Å². The number of fused-ring (bicyclic) bond motifs is 4. The molecule has 3 heterocycles. The number of hydrogen-bond donors (Lipinski definition) is 2. The fourth-order valence-corrected chi connectivity index (χ4v) is 4.30. The molecular formula is C22H22N2O3. The zero-order valence-electron chi connectivity index (χ0n) is 15.5. The van der Waals surface area contributed by atoms with Crippen LogP contribution < -0.4 is 0 Å². The Morgan fingerprint density at radius 1 is 1.04 bits per heavy atom. The summed E-state index contributed by atoms with van der Waals surface area (Å²) in [6.45, 7) is 5.40. The third kappa shape index (κ3) is 2.53. The van der Waals surface area contributed by atoms with Gasteiger partial charge in [0.2, 0.25) is 0 Å². The number of H-pyrrole nitrogens is 2. The number of aromatic amines is 2. The van der Waals surface area contributed by atoms with Crippen LogP contribution in [0.4, 0.5) is 0 Å². The number of nitrogens with one attached hydrogen (secondary N) is 2. The molecular weight excluding hydrogens is 340 g/mol. The van der Waals surface area contributed by atoms with Crippen LogP contribution in [0, 0.1) is 13.8 Å². The van der Waals surface area contributed by atoms with E-state index in [9.17, 15) is 4.79 Å². The van der Waals surface area contributed by atoms with Gasteiger partial charge in [0, 0.05) is 40.0 Å². The van der Waals surface area contributed by atoms with Gasteiger partial charge in [-0.1, -0.05) is 18.2 Å². The molecule has 0 atom stereocenters. The minimum absolute atomic E-state index is 0.0586. The fraction of sp³-hybridized carbons (Fsp3) is 0.318. The number of rotatable bonds is 2. The summed E-state index contributed by atoms with van der Waals surface area (Å²) in [5.41, 5.74) is 5.87. The van der Waals surface area contributed by atoms with Crippen LogP contribution in [0.5, 0.6) is 0 Å². The normalized spacial score (nSPS) is 15.8. The molecule has 5 rings (SSSR count). The maximum absolute atomic E-state index is 12.8. The van der Waals surface area contributed by atoms with E-state index in [1.54, 1.807) is 0 Å². The Kier molecular flexibility index (Phi) is 3.72. The quantitative estimate of drug-likeness (QED) is 0.506. The van der Waals surface area contributed by atoms with Crippen molar-refractivity contribution in [1.82, 2.24) is 9.97 Å². The molecule has 0 spiro atoms. The Hall–Kier alpha value is -2.79. The highest BCUT2D eigenvalue weighted by Gasteiger charge is 2.24. The molecule has 2 aromatic carbocycles. The van der Waals surface area contributed by atoms with Crippen LogP contribution in [-0.2, 0) is 9.47 Å². The van der Waals surface area contributed by atoms with E-state index in [0.29, 0.717) is 18.9 Å². The number of aryl methyl sites for hydroxylation is 2. The maximum Gasteiger partial charge on any atom is 0.355 e. The van der Waals surface area contributed by atoms with Crippen LogP contribution in [0.1, 0.15) is 34.5 Å². The van der Waals surface area contributed by atoms with Gasteiger partial charge in [-0.3, -0.25) is 0 Å². The number of ether oxygens (including phenoxy) is 2. The molecule has 2 N–H and O–H groups in total. The molecule has 27 heavy (non-hydrogen) atoms. The Balaban J connectivity index is 1.62. The summed E-state index contributed by atoms with van der Waals surface area (Å²) in [4.78, 5) is 19.6. The Bertz CT molecular complexity index is 1180. The summed E-state index contributed by atoms with van der Waals surface area (Å²) in [5.74, 6) is -0.275. The lowest BCUT2D eigenvalue weighted by Gasteiger charge is -2.22. The summed E-state index contributed by atoms with van der Waals surface area (Å²) in [6, 6.07) is 10.4. The highest BCUT2D eigenvalue weighted by Crippen LogP contribution is 2.35. The third-order valence-electron chi connectivity index (χ3n) is 5.71. The Morgan fingerprint density at radius 2 is 1.81 bits per heavy atom. The lowest BCUT2D eigenvalue weighted by Crippen LogP contribution is -2.26. The van der Waals surface area contributed by atoms with Gasteiger partial charge in [0.1, 0.15) is 11.8 Å². The standard InChI is InChI=1S/C22H22N2O3/c1-12-19-13(2)21(22(25)27-14-7-9-26-10-8-14)24-18(19)11-16-15-5-3-4-6-17(15)23-20(12)16/h3-6,11,14,23-24H,7-10H2,1-2H3. The first-order chi connectivity index (χ1) is 13.1. The molecule has 0 saturated carbocycles. The molecule has 0 amide bonds. The van der Waals surface area contributed by atoms with Crippen LogP contribution in [-0.4, -0.2) is 35.3 Å². The van der Waals surface area contributed by atoms with Crippen LogP contribution in [0.25, 0.3) is 32.7 Å². The third-order valence-corrected chi connectivity index (χ3v) is 5.71. The number of para-hydroxylation sites is 1. The van der Waals surface area contributed by atoms with Crippen molar-refractivity contribution in [3.8, 4) is 0 Å². The van der Waals surface area contributed by atoms with E-state index in [1.807, 2.05) is 19.1 Å². The smallest absolute Gasteiger partial charge is 0.355 e. The Morgan fingerprint density at radius 3 is 2.63 bits per heavy atom. The lowest BCUT2D eigenvalue weighted by molar-refractivity contribution is -0.0163. The minimum atomic E-state index is -0.275. The number of aromatic nitrogens is 2. The molecule has 1 fully saturated rings. The first-order valence-electron chi connectivity index (χ1n) is 9.44. The number of carbonyl (C=O) groups excluding carboxylic acids is 1. The van der Waals surface area contributed by atoms with Crippen molar-refractivity contribution in [3.63, 3.8) is 0 Å². The molecule has 1 aliphatic heterocycles. The predicted molar refractivity (Wildman–Crippen MR) is 106 cm³/mol. The van der Waals surface area contributed by atoms with Crippen molar-refractivity contribution in [2.24, 2.45) is 0 Å². The van der Waals surface area contributed by atoms with Gasteiger partial charge >= 0.3 is 5.97 Å². The number of hydrogen-bond acceptors (Lipinski definition) is 3. The van der Waals surface area contributed by atoms with Gasteiger partial charge in [-0.15, -0.1) is 0 Å². The van der Waals surface area contributed by atoms with Crippen molar-refractivity contribution in [1.29, 1.82) is 0 Å². The second-order valence-corrected chi connectivity index (χ2v) is 7.36. The summed E-state index contributed by atoms with van der Waals surface area (Å²) < 4.78 is 11.1. The second kappa shape index (κ2) is 6.13. The van der Waals surface area contributed by atoms with Gasteiger partial charge in [0.15, 0.2) is 0 Å². The second-order valence-electron chi connectivity index (χ2n) is 7.36. The molecule has 5 nitrogen and oxygen atoms in total. The zero-order valence-corrected chi connectivity index (χ0v) is 15.5. The average molecular weight is 362 g/mol.